The van der Waals surface area contributed by atoms with Crippen LogP contribution in [-0.4, -0.2) is 29.9 Å². The van der Waals surface area contributed by atoms with Gasteiger partial charge in [-0.05, 0) is 45.0 Å². The molecule has 156 valence electrons. The third-order valence-electron chi connectivity index (χ3n) is 5.18. The molecule has 0 bridgehead atoms. The maximum Gasteiger partial charge on any atom is 0.262 e. The van der Waals surface area contributed by atoms with E-state index in [-0.39, 0.29) is 11.4 Å². The number of amides is 1. The summed E-state index contributed by atoms with van der Waals surface area (Å²) < 4.78 is 12.8. The van der Waals surface area contributed by atoms with Gasteiger partial charge in [0.1, 0.15) is 17.7 Å². The Bertz CT molecular complexity index is 1080. The molecule has 1 aliphatic rings. The van der Waals surface area contributed by atoms with Crippen molar-refractivity contribution in [3.05, 3.63) is 66.0 Å². The Kier molecular flexibility index (Phi) is 4.89. The van der Waals surface area contributed by atoms with Gasteiger partial charge in [-0.3, -0.25) is 14.4 Å². The summed E-state index contributed by atoms with van der Waals surface area (Å²) in [6, 6.07) is 12.9. The number of nitrogens with one attached hydrogen (secondary N) is 1. The minimum atomic E-state index is -0.439. The van der Waals surface area contributed by atoms with Crippen LogP contribution in [0.2, 0.25) is 0 Å². The Morgan fingerprint density at radius 1 is 1.07 bits per heavy atom. The van der Waals surface area contributed by atoms with Crippen LogP contribution in [0.1, 0.15) is 42.9 Å². The Hall–Kier alpha value is -3.48. The van der Waals surface area contributed by atoms with E-state index in [9.17, 15) is 4.79 Å². The molecule has 1 aliphatic heterocycles. The van der Waals surface area contributed by atoms with Gasteiger partial charge in [-0.2, -0.15) is 5.10 Å². The van der Waals surface area contributed by atoms with E-state index in [0.717, 1.165) is 11.3 Å². The van der Waals surface area contributed by atoms with Crippen LogP contribution in [-0.2, 0) is 5.54 Å². The lowest BCUT2D eigenvalue weighted by molar-refractivity contribution is 0.0974. The number of rotatable bonds is 4. The van der Waals surface area contributed by atoms with Crippen LogP contribution in [0.4, 0.5) is 11.4 Å². The Balaban J connectivity index is 1.87. The molecule has 1 N–H and O–H groups in total. The minimum Gasteiger partial charge on any atom is -0.497 e. The molecule has 7 heteroatoms. The molecule has 1 atom stereocenters. The van der Waals surface area contributed by atoms with Crippen molar-refractivity contribution < 1.29 is 14.3 Å². The largest absolute Gasteiger partial charge is 0.497 e. The highest BCUT2D eigenvalue weighted by molar-refractivity contribution is 6.12. The summed E-state index contributed by atoms with van der Waals surface area (Å²) in [7, 11) is 3.18. The number of carbonyl (C=O) groups excluding carboxylic acids is 1. The second-order valence-corrected chi connectivity index (χ2v) is 8.19. The van der Waals surface area contributed by atoms with Gasteiger partial charge in [-0.25, -0.2) is 0 Å². The zero-order valence-electron chi connectivity index (χ0n) is 17.8. The summed E-state index contributed by atoms with van der Waals surface area (Å²) in [5.41, 5.74) is 2.76. The van der Waals surface area contributed by atoms with Gasteiger partial charge in [0.2, 0.25) is 0 Å². The summed E-state index contributed by atoms with van der Waals surface area (Å²) in [5, 5.41) is 8.03. The van der Waals surface area contributed by atoms with Crippen LogP contribution in [0.5, 0.6) is 11.5 Å². The van der Waals surface area contributed by atoms with E-state index in [0.29, 0.717) is 22.7 Å². The van der Waals surface area contributed by atoms with E-state index in [4.69, 9.17) is 9.47 Å². The van der Waals surface area contributed by atoms with E-state index >= 15 is 0 Å². The number of para-hydroxylation sites is 1. The third-order valence-corrected chi connectivity index (χ3v) is 5.18. The number of ether oxygens (including phenoxy) is 2. The molecule has 0 spiro atoms. The number of hydrogen-bond acceptors (Lipinski definition) is 5. The van der Waals surface area contributed by atoms with E-state index in [1.165, 1.54) is 0 Å². The monoisotopic (exact) mass is 406 g/mol. The second-order valence-electron chi connectivity index (χ2n) is 8.19. The SMILES string of the molecule is COc1ccc(N2C(=O)c3ccccc3NC2c2cnn(C(C)(C)C)c2)c(OC)c1. The van der Waals surface area contributed by atoms with Crippen LogP contribution in [0, 0.1) is 0 Å². The lowest BCUT2D eigenvalue weighted by Crippen LogP contribution is -2.43. The summed E-state index contributed by atoms with van der Waals surface area (Å²) >= 11 is 0. The van der Waals surface area contributed by atoms with Crippen molar-refractivity contribution in [3.63, 3.8) is 0 Å². The second kappa shape index (κ2) is 7.40. The lowest BCUT2D eigenvalue weighted by atomic mass is 10.0. The third kappa shape index (κ3) is 3.36. The quantitative estimate of drug-likeness (QED) is 0.694. The molecule has 0 radical (unpaired) electrons. The Morgan fingerprint density at radius 3 is 2.50 bits per heavy atom. The van der Waals surface area contributed by atoms with Crippen molar-refractivity contribution in [2.24, 2.45) is 0 Å². The first-order chi connectivity index (χ1) is 14.3. The number of hydrogen-bond donors (Lipinski definition) is 1. The summed E-state index contributed by atoms with van der Waals surface area (Å²) in [6.07, 6.45) is 3.33. The predicted molar refractivity (Wildman–Crippen MR) is 116 cm³/mol. The fourth-order valence-electron chi connectivity index (χ4n) is 3.56. The molecule has 2 aromatic carbocycles. The van der Waals surface area contributed by atoms with Gasteiger partial charge < -0.3 is 14.8 Å². The van der Waals surface area contributed by atoms with Crippen molar-refractivity contribution >= 4 is 17.3 Å². The fourth-order valence-corrected chi connectivity index (χ4v) is 3.56. The zero-order valence-corrected chi connectivity index (χ0v) is 17.8. The van der Waals surface area contributed by atoms with Gasteiger partial charge in [-0.1, -0.05) is 12.1 Å². The van der Waals surface area contributed by atoms with Crippen LogP contribution in [0.15, 0.2) is 54.9 Å². The Labute approximate surface area is 176 Å². The number of fused-ring (bicyclic) bond motifs is 1. The molecule has 0 aliphatic carbocycles. The van der Waals surface area contributed by atoms with Gasteiger partial charge in [0.25, 0.3) is 5.91 Å². The Morgan fingerprint density at radius 2 is 1.83 bits per heavy atom. The van der Waals surface area contributed by atoms with Gasteiger partial charge in [-0.15, -0.1) is 0 Å². The van der Waals surface area contributed by atoms with Crippen molar-refractivity contribution in [3.8, 4) is 11.5 Å². The van der Waals surface area contributed by atoms with E-state index in [2.05, 4.69) is 31.2 Å². The predicted octanol–water partition coefficient (Wildman–Crippen LogP) is 4.43. The number of benzene rings is 2. The van der Waals surface area contributed by atoms with Gasteiger partial charge in [0.05, 0.1) is 37.2 Å². The normalized spacial score (nSPS) is 16.1. The molecular weight excluding hydrogens is 380 g/mol. The van der Waals surface area contributed by atoms with Gasteiger partial charge in [0.15, 0.2) is 0 Å². The number of aromatic nitrogens is 2. The van der Waals surface area contributed by atoms with E-state index in [1.54, 1.807) is 31.4 Å². The molecule has 0 saturated carbocycles. The number of nitrogens with zero attached hydrogens (tertiary/aromatic N) is 3. The molecule has 30 heavy (non-hydrogen) atoms. The maximum atomic E-state index is 13.6. The van der Waals surface area contributed by atoms with Crippen LogP contribution in [0.25, 0.3) is 0 Å². The number of anilines is 2. The molecule has 3 aromatic rings. The first-order valence-electron chi connectivity index (χ1n) is 9.79. The van der Waals surface area contributed by atoms with Crippen LogP contribution >= 0.6 is 0 Å². The average molecular weight is 406 g/mol. The lowest BCUT2D eigenvalue weighted by Gasteiger charge is -2.38. The molecule has 2 heterocycles. The van der Waals surface area contributed by atoms with Gasteiger partial charge in [0, 0.05) is 23.5 Å². The first kappa shape index (κ1) is 19.8. The minimum absolute atomic E-state index is 0.110. The van der Waals surface area contributed by atoms with Crippen LogP contribution in [0.3, 0.4) is 0 Å². The van der Waals surface area contributed by atoms with Crippen molar-refractivity contribution in [1.29, 1.82) is 0 Å². The molecule has 0 fully saturated rings. The molecule has 0 saturated heterocycles. The maximum absolute atomic E-state index is 13.6. The summed E-state index contributed by atoms with van der Waals surface area (Å²) in [6.45, 7) is 6.26. The molecule has 1 amide bonds. The smallest absolute Gasteiger partial charge is 0.262 e. The fraction of sp³-hybridized carbons (Fsp3) is 0.304. The average Bonchev–Trinajstić information content (AvgIpc) is 3.24. The first-order valence-corrected chi connectivity index (χ1v) is 9.79. The molecular formula is C23H26N4O3. The topological polar surface area (TPSA) is 68.6 Å². The highest BCUT2D eigenvalue weighted by Crippen LogP contribution is 2.41. The standard InChI is InChI=1S/C23H26N4O3/c1-23(2,3)26-14-15(13-24-26)21-25-18-9-7-6-8-17(18)22(28)27(21)19-11-10-16(29-4)12-20(19)30-5/h6-14,21,25H,1-5H3. The highest BCUT2D eigenvalue weighted by atomic mass is 16.5. The number of methoxy groups -OCH3 is 2. The van der Waals surface area contributed by atoms with E-state index < -0.39 is 6.17 Å². The van der Waals surface area contributed by atoms with E-state index in [1.807, 2.05) is 47.3 Å². The highest BCUT2D eigenvalue weighted by Gasteiger charge is 2.36. The molecule has 7 nitrogen and oxygen atoms in total. The van der Waals surface area contributed by atoms with Crippen molar-refractivity contribution in [2.75, 3.05) is 24.4 Å². The molecule has 4 rings (SSSR count). The van der Waals surface area contributed by atoms with Crippen molar-refractivity contribution in [2.45, 2.75) is 32.5 Å². The molecule has 1 aromatic heterocycles. The summed E-state index contributed by atoms with van der Waals surface area (Å²) in [5.74, 6) is 1.10. The summed E-state index contributed by atoms with van der Waals surface area (Å²) in [4.78, 5) is 15.3. The van der Waals surface area contributed by atoms with Gasteiger partial charge >= 0.3 is 0 Å². The van der Waals surface area contributed by atoms with Crippen LogP contribution < -0.4 is 19.7 Å². The molecule has 1 unspecified atom stereocenters. The zero-order chi connectivity index (χ0) is 21.5. The van der Waals surface area contributed by atoms with Crippen molar-refractivity contribution in [1.82, 2.24) is 9.78 Å². The number of carbonyl (C=O) groups is 1.